The lowest BCUT2D eigenvalue weighted by Gasteiger charge is -2.64. The number of rotatable bonds is 6. The van der Waals surface area contributed by atoms with Gasteiger partial charge in [0.2, 0.25) is 0 Å². The van der Waals surface area contributed by atoms with E-state index in [4.69, 9.17) is 9.47 Å². The third-order valence-corrected chi connectivity index (χ3v) is 10.5. The molecule has 2 bridgehead atoms. The quantitative estimate of drug-likeness (QED) is 0.309. The van der Waals surface area contributed by atoms with Crippen molar-refractivity contribution in [3.8, 4) is 23.3 Å². The van der Waals surface area contributed by atoms with Crippen LogP contribution in [0.25, 0.3) is 0 Å². The van der Waals surface area contributed by atoms with Gasteiger partial charge in [-0.2, -0.15) is 0 Å². The minimum Gasteiger partial charge on any atom is -0.483 e. The molecule has 226 valence electrons. The van der Waals surface area contributed by atoms with Crippen molar-refractivity contribution in [1.82, 2.24) is 9.80 Å². The average molecular weight is 583 g/mol. The molecule has 7 nitrogen and oxygen atoms in total. The number of esters is 1. The molecule has 0 unspecified atom stereocenters. The molecule has 2 aromatic carbocycles. The van der Waals surface area contributed by atoms with E-state index in [1.165, 1.54) is 19.8 Å². The first kappa shape index (κ1) is 28.4. The van der Waals surface area contributed by atoms with Crippen molar-refractivity contribution >= 4 is 11.9 Å². The molecule has 7 heteroatoms. The maximum Gasteiger partial charge on any atom is 0.308 e. The van der Waals surface area contributed by atoms with Crippen LogP contribution >= 0.6 is 0 Å². The van der Waals surface area contributed by atoms with Gasteiger partial charge in [0.15, 0.2) is 11.5 Å². The van der Waals surface area contributed by atoms with E-state index in [-0.39, 0.29) is 23.9 Å². The van der Waals surface area contributed by atoms with Crippen LogP contribution in [0.4, 0.5) is 0 Å². The number of aliphatic hydroxyl groups is 1. The molecule has 2 saturated carbocycles. The zero-order valence-electron chi connectivity index (χ0n) is 25.7. The van der Waals surface area contributed by atoms with Crippen LogP contribution in [0.5, 0.6) is 11.5 Å². The molecular formula is C36H42N2O5. The minimum absolute atomic E-state index is 0.0118. The maximum absolute atomic E-state index is 14.0. The molecule has 1 spiro atoms. The van der Waals surface area contributed by atoms with Gasteiger partial charge in [-0.1, -0.05) is 38.0 Å². The van der Waals surface area contributed by atoms with Crippen LogP contribution in [0.2, 0.25) is 0 Å². The SMILES string of the molecule is CC(=O)Oc1ccc2c3c1O[C@H]1[C@H](N(CC(C)C)C(=O)C#Cc4cccc(C)c4)CC[C@@]4(O)[C@@H](C2)N(CC2CC2)CC[C@]314. The van der Waals surface area contributed by atoms with Gasteiger partial charge >= 0.3 is 5.97 Å². The monoisotopic (exact) mass is 582 g/mol. The van der Waals surface area contributed by atoms with Gasteiger partial charge in [-0.3, -0.25) is 14.5 Å². The van der Waals surface area contributed by atoms with Crippen LogP contribution in [0, 0.1) is 30.6 Å². The second-order valence-corrected chi connectivity index (χ2v) is 13.9. The summed E-state index contributed by atoms with van der Waals surface area (Å²) in [4.78, 5) is 30.5. The molecular weight excluding hydrogens is 540 g/mol. The number of aryl methyl sites for hydroxylation is 1. The van der Waals surface area contributed by atoms with E-state index in [0.29, 0.717) is 30.9 Å². The van der Waals surface area contributed by atoms with Crippen LogP contribution in [-0.4, -0.2) is 70.2 Å². The van der Waals surface area contributed by atoms with Gasteiger partial charge in [-0.05, 0) is 93.2 Å². The number of nitrogens with zero attached hydrogens (tertiary/aromatic N) is 2. The molecule has 5 aliphatic rings. The Kier molecular flexibility index (Phi) is 6.87. The smallest absolute Gasteiger partial charge is 0.308 e. The number of ether oxygens (including phenoxy) is 2. The van der Waals surface area contributed by atoms with Crippen LogP contribution in [0.1, 0.15) is 75.1 Å². The fourth-order valence-corrected chi connectivity index (χ4v) is 8.68. The van der Waals surface area contributed by atoms with E-state index in [1.54, 1.807) is 0 Å². The Bertz CT molecular complexity index is 1540. The normalized spacial score (nSPS) is 30.1. The van der Waals surface area contributed by atoms with Gasteiger partial charge < -0.3 is 19.5 Å². The highest BCUT2D eigenvalue weighted by atomic mass is 16.6. The highest BCUT2D eigenvalue weighted by molar-refractivity contribution is 5.94. The molecule has 2 aliphatic heterocycles. The molecule has 2 aromatic rings. The van der Waals surface area contributed by atoms with E-state index in [0.717, 1.165) is 54.1 Å². The standard InChI is InChI=1S/C36H42N2O5/c1-22(2)20-38(31(40)13-10-25-7-5-6-23(3)18-25)28-14-15-36(41)30-19-27-11-12-29(42-24(4)39)33-32(27)35(36,34(28)43-33)16-17-37(30)21-26-8-9-26/h5-7,11-12,18,22,26,28,30,34,41H,8-9,14-17,19-21H2,1-4H3/t28-,30-,34+,35+,36-/m1/s1. The summed E-state index contributed by atoms with van der Waals surface area (Å²) in [6.07, 6.45) is 4.74. The number of carbonyl (C=O) groups excluding carboxylic acids is 2. The molecule has 1 N–H and O–H groups in total. The van der Waals surface area contributed by atoms with E-state index in [1.807, 2.05) is 42.2 Å². The first-order valence-electron chi connectivity index (χ1n) is 16.0. The number of likely N-dealkylation sites (tertiary alicyclic amines) is 1. The summed E-state index contributed by atoms with van der Waals surface area (Å²) in [5, 5.41) is 12.9. The fraction of sp³-hybridized carbons (Fsp3) is 0.556. The third kappa shape index (κ3) is 4.57. The fourth-order valence-electron chi connectivity index (χ4n) is 8.68. The second-order valence-electron chi connectivity index (χ2n) is 13.9. The number of benzene rings is 2. The highest BCUT2D eigenvalue weighted by Gasteiger charge is 2.73. The second kappa shape index (κ2) is 10.4. The Morgan fingerprint density at radius 1 is 1.19 bits per heavy atom. The van der Waals surface area contributed by atoms with Gasteiger partial charge in [-0.15, -0.1) is 0 Å². The van der Waals surface area contributed by atoms with E-state index in [2.05, 4.69) is 36.7 Å². The van der Waals surface area contributed by atoms with Gasteiger partial charge in [0.05, 0.1) is 17.1 Å². The first-order chi connectivity index (χ1) is 20.6. The lowest BCUT2D eigenvalue weighted by molar-refractivity contribution is -0.201. The molecule has 7 rings (SSSR count). The van der Waals surface area contributed by atoms with Crippen LogP contribution < -0.4 is 9.47 Å². The summed E-state index contributed by atoms with van der Waals surface area (Å²) >= 11 is 0. The Hall–Kier alpha value is -3.34. The average Bonchev–Trinajstić information content (AvgIpc) is 3.70. The van der Waals surface area contributed by atoms with Gasteiger partial charge in [0.25, 0.3) is 5.91 Å². The van der Waals surface area contributed by atoms with E-state index < -0.39 is 23.1 Å². The van der Waals surface area contributed by atoms with Crippen molar-refractivity contribution in [2.45, 2.75) is 95.4 Å². The minimum atomic E-state index is -1.01. The Balaban J connectivity index is 1.32. The summed E-state index contributed by atoms with van der Waals surface area (Å²) < 4.78 is 12.6. The molecule has 1 saturated heterocycles. The predicted molar refractivity (Wildman–Crippen MR) is 163 cm³/mol. The first-order valence-corrected chi connectivity index (χ1v) is 16.0. The number of carbonyl (C=O) groups is 2. The number of hydrogen-bond donors (Lipinski definition) is 1. The number of hydrogen-bond acceptors (Lipinski definition) is 6. The van der Waals surface area contributed by atoms with Gasteiger partial charge in [0, 0.05) is 43.1 Å². The summed E-state index contributed by atoms with van der Waals surface area (Å²) in [5.41, 5.74) is 2.36. The topological polar surface area (TPSA) is 79.3 Å². The summed E-state index contributed by atoms with van der Waals surface area (Å²) in [7, 11) is 0. The maximum atomic E-state index is 14.0. The zero-order valence-corrected chi connectivity index (χ0v) is 25.7. The lowest BCUT2D eigenvalue weighted by Crippen LogP contribution is -2.78. The molecule has 5 atom stereocenters. The summed E-state index contributed by atoms with van der Waals surface area (Å²) in [6, 6.07) is 11.5. The van der Waals surface area contributed by atoms with Crippen molar-refractivity contribution in [3.63, 3.8) is 0 Å². The summed E-state index contributed by atoms with van der Waals surface area (Å²) in [5.74, 6) is 7.32. The molecule has 2 heterocycles. The summed E-state index contributed by atoms with van der Waals surface area (Å²) in [6.45, 7) is 10.1. The van der Waals surface area contributed by atoms with Crippen LogP contribution in [-0.2, 0) is 21.4 Å². The Labute approximate surface area is 254 Å². The highest BCUT2D eigenvalue weighted by Crippen LogP contribution is 2.66. The molecule has 1 amide bonds. The van der Waals surface area contributed by atoms with Gasteiger partial charge in [-0.25, -0.2) is 0 Å². The van der Waals surface area contributed by atoms with Crippen LogP contribution in [0.3, 0.4) is 0 Å². The van der Waals surface area contributed by atoms with E-state index in [9.17, 15) is 14.7 Å². The van der Waals surface area contributed by atoms with Crippen LogP contribution in [0.15, 0.2) is 36.4 Å². The third-order valence-electron chi connectivity index (χ3n) is 10.5. The number of amides is 1. The van der Waals surface area contributed by atoms with Gasteiger partial charge in [0.1, 0.15) is 6.10 Å². The predicted octanol–water partition coefficient (Wildman–Crippen LogP) is 4.39. The Morgan fingerprint density at radius 2 is 2.00 bits per heavy atom. The Morgan fingerprint density at radius 3 is 2.72 bits per heavy atom. The molecule has 3 fully saturated rings. The zero-order chi connectivity index (χ0) is 30.1. The largest absolute Gasteiger partial charge is 0.483 e. The van der Waals surface area contributed by atoms with Crippen molar-refractivity contribution in [2.75, 3.05) is 19.6 Å². The van der Waals surface area contributed by atoms with E-state index >= 15 is 0 Å². The number of piperidine rings is 1. The molecule has 0 aromatic heterocycles. The van der Waals surface area contributed by atoms with Crippen molar-refractivity contribution in [2.24, 2.45) is 11.8 Å². The molecule has 0 radical (unpaired) electrons. The molecule has 3 aliphatic carbocycles. The molecule has 43 heavy (non-hydrogen) atoms. The van der Waals surface area contributed by atoms with Crippen molar-refractivity contribution in [1.29, 1.82) is 0 Å². The van der Waals surface area contributed by atoms with Crippen molar-refractivity contribution in [3.05, 3.63) is 58.7 Å². The lowest BCUT2D eigenvalue weighted by atomic mass is 9.48. The van der Waals surface area contributed by atoms with Crippen molar-refractivity contribution < 1.29 is 24.2 Å².